The molecule has 0 heterocycles. The second kappa shape index (κ2) is 11.3. The average molecular weight is 474 g/mol. The van der Waals surface area contributed by atoms with Gasteiger partial charge in [0.25, 0.3) is 0 Å². The molecule has 0 spiro atoms. The molecule has 0 aliphatic carbocycles. The van der Waals surface area contributed by atoms with Crippen LogP contribution in [-0.2, 0) is 26.2 Å². The van der Waals surface area contributed by atoms with E-state index in [-0.39, 0.29) is 25.0 Å². The molecule has 8 heteroatoms. The number of amides is 2. The topological polar surface area (TPSA) is 86.8 Å². The summed E-state index contributed by atoms with van der Waals surface area (Å²) in [6.07, 6.45) is 1.49. The zero-order valence-electron chi connectivity index (χ0n) is 20.3. The van der Waals surface area contributed by atoms with Crippen molar-refractivity contribution < 1.29 is 18.0 Å². The minimum atomic E-state index is -3.74. The molecule has 0 saturated carbocycles. The maximum atomic E-state index is 13.6. The first-order valence-electron chi connectivity index (χ1n) is 11.1. The summed E-state index contributed by atoms with van der Waals surface area (Å²) in [4.78, 5) is 28.1. The van der Waals surface area contributed by atoms with Crippen LogP contribution in [0.3, 0.4) is 0 Å². The van der Waals surface area contributed by atoms with Crippen LogP contribution < -0.4 is 9.62 Å². The molecular weight excluding hydrogens is 438 g/mol. The summed E-state index contributed by atoms with van der Waals surface area (Å²) in [6.45, 7) is 9.14. The molecule has 2 amide bonds. The highest BCUT2D eigenvalue weighted by atomic mass is 32.2. The van der Waals surface area contributed by atoms with E-state index in [2.05, 4.69) is 5.32 Å². The molecule has 0 aliphatic heterocycles. The highest BCUT2D eigenvalue weighted by molar-refractivity contribution is 7.92. The van der Waals surface area contributed by atoms with Crippen molar-refractivity contribution in [3.05, 3.63) is 65.2 Å². The summed E-state index contributed by atoms with van der Waals surface area (Å²) in [6, 6.07) is 13.9. The van der Waals surface area contributed by atoms with E-state index < -0.39 is 22.0 Å². The van der Waals surface area contributed by atoms with E-state index in [1.54, 1.807) is 25.1 Å². The van der Waals surface area contributed by atoms with Crippen molar-refractivity contribution in [3.8, 4) is 0 Å². The van der Waals surface area contributed by atoms with Crippen LogP contribution in [-0.4, -0.2) is 50.0 Å². The van der Waals surface area contributed by atoms with Gasteiger partial charge in [-0.25, -0.2) is 8.42 Å². The van der Waals surface area contributed by atoms with Crippen molar-refractivity contribution in [1.29, 1.82) is 0 Å². The first-order valence-corrected chi connectivity index (χ1v) is 13.0. The number of nitrogens with one attached hydrogen (secondary N) is 1. The molecule has 33 heavy (non-hydrogen) atoms. The lowest BCUT2D eigenvalue weighted by Crippen LogP contribution is -2.53. The molecule has 180 valence electrons. The molecule has 1 atom stereocenters. The Morgan fingerprint density at radius 2 is 1.55 bits per heavy atom. The van der Waals surface area contributed by atoms with Gasteiger partial charge >= 0.3 is 0 Å². The SMILES string of the molecule is CCC(C(=O)NC(C)C)N(Cc1ccccc1C)C(=O)CN(c1ccccc1C)S(C)(=O)=O. The average Bonchev–Trinajstić information content (AvgIpc) is 2.72. The van der Waals surface area contributed by atoms with Gasteiger partial charge in [-0.2, -0.15) is 0 Å². The minimum absolute atomic E-state index is 0.0820. The number of benzene rings is 2. The van der Waals surface area contributed by atoms with E-state index in [4.69, 9.17) is 0 Å². The predicted molar refractivity (Wildman–Crippen MR) is 132 cm³/mol. The monoisotopic (exact) mass is 473 g/mol. The lowest BCUT2D eigenvalue weighted by atomic mass is 10.1. The van der Waals surface area contributed by atoms with Crippen molar-refractivity contribution in [2.45, 2.75) is 59.7 Å². The Hall–Kier alpha value is -2.87. The second-order valence-electron chi connectivity index (χ2n) is 8.59. The molecule has 0 bridgehead atoms. The zero-order chi connectivity index (χ0) is 24.8. The molecule has 0 radical (unpaired) electrons. The lowest BCUT2D eigenvalue weighted by Gasteiger charge is -2.33. The minimum Gasteiger partial charge on any atom is -0.352 e. The van der Waals surface area contributed by atoms with Crippen molar-refractivity contribution in [1.82, 2.24) is 10.2 Å². The molecule has 0 saturated heterocycles. The standard InChI is InChI=1S/C25H35N3O4S/c1-7-22(25(30)26-18(2)3)27(16-21-14-10-8-12-19(21)4)24(29)17-28(33(6,31)32)23-15-11-9-13-20(23)5/h8-15,18,22H,7,16-17H2,1-6H3,(H,26,30). The Morgan fingerprint density at radius 1 is 0.970 bits per heavy atom. The summed E-state index contributed by atoms with van der Waals surface area (Å²) >= 11 is 0. The van der Waals surface area contributed by atoms with Gasteiger partial charge in [0.15, 0.2) is 0 Å². The molecule has 0 aromatic heterocycles. The van der Waals surface area contributed by atoms with Gasteiger partial charge in [-0.15, -0.1) is 0 Å². The number of rotatable bonds is 10. The fourth-order valence-corrected chi connectivity index (χ4v) is 4.62. The van der Waals surface area contributed by atoms with Gasteiger partial charge in [-0.05, 0) is 56.9 Å². The van der Waals surface area contributed by atoms with E-state index >= 15 is 0 Å². The zero-order valence-corrected chi connectivity index (χ0v) is 21.1. The molecule has 0 fully saturated rings. The highest BCUT2D eigenvalue weighted by Crippen LogP contribution is 2.23. The molecule has 1 unspecified atom stereocenters. The Bertz CT molecular complexity index is 1080. The number of sulfonamides is 1. The van der Waals surface area contributed by atoms with Crippen LogP contribution in [0.4, 0.5) is 5.69 Å². The number of para-hydroxylation sites is 1. The number of anilines is 1. The maximum absolute atomic E-state index is 13.6. The molecule has 2 aromatic rings. The van der Waals surface area contributed by atoms with Gasteiger partial charge in [0, 0.05) is 12.6 Å². The van der Waals surface area contributed by atoms with Crippen molar-refractivity contribution in [2.75, 3.05) is 17.1 Å². The van der Waals surface area contributed by atoms with E-state index in [1.807, 2.05) is 58.0 Å². The first-order chi connectivity index (χ1) is 15.5. The molecule has 1 N–H and O–H groups in total. The summed E-state index contributed by atoms with van der Waals surface area (Å²) in [5, 5.41) is 2.89. The fourth-order valence-electron chi connectivity index (χ4n) is 3.71. The third kappa shape index (κ3) is 7.05. The van der Waals surface area contributed by atoms with E-state index in [0.29, 0.717) is 12.1 Å². The summed E-state index contributed by atoms with van der Waals surface area (Å²) in [5.74, 6) is -0.686. The van der Waals surface area contributed by atoms with Crippen molar-refractivity contribution >= 4 is 27.5 Å². The smallest absolute Gasteiger partial charge is 0.244 e. The lowest BCUT2D eigenvalue weighted by molar-refractivity contribution is -0.140. The van der Waals surface area contributed by atoms with Gasteiger partial charge in [0.05, 0.1) is 11.9 Å². The summed E-state index contributed by atoms with van der Waals surface area (Å²) in [5.41, 5.74) is 3.09. The number of hydrogen-bond donors (Lipinski definition) is 1. The normalized spacial score (nSPS) is 12.3. The number of nitrogens with zero attached hydrogens (tertiary/aromatic N) is 2. The largest absolute Gasteiger partial charge is 0.352 e. The van der Waals surface area contributed by atoms with Crippen LogP contribution >= 0.6 is 0 Å². The molecule has 7 nitrogen and oxygen atoms in total. The van der Waals surface area contributed by atoms with Crippen LogP contribution in [0.2, 0.25) is 0 Å². The third-order valence-corrected chi connectivity index (χ3v) is 6.61. The first kappa shape index (κ1) is 26.4. The van der Waals surface area contributed by atoms with Gasteiger partial charge < -0.3 is 10.2 Å². The fraction of sp³-hybridized carbons (Fsp3) is 0.440. The number of carbonyl (C=O) groups excluding carboxylic acids is 2. The van der Waals surface area contributed by atoms with Gasteiger partial charge in [-0.1, -0.05) is 49.4 Å². The molecular formula is C25H35N3O4S. The van der Waals surface area contributed by atoms with Crippen molar-refractivity contribution in [2.24, 2.45) is 0 Å². The van der Waals surface area contributed by atoms with Crippen LogP contribution in [0, 0.1) is 13.8 Å². The van der Waals surface area contributed by atoms with E-state index in [0.717, 1.165) is 27.3 Å². The Balaban J connectivity index is 2.47. The number of carbonyl (C=O) groups is 2. The van der Waals surface area contributed by atoms with Crippen LogP contribution in [0.5, 0.6) is 0 Å². The third-order valence-electron chi connectivity index (χ3n) is 5.48. The van der Waals surface area contributed by atoms with Gasteiger partial charge in [-0.3, -0.25) is 13.9 Å². The van der Waals surface area contributed by atoms with Crippen LogP contribution in [0.15, 0.2) is 48.5 Å². The number of aryl methyl sites for hydroxylation is 2. The van der Waals surface area contributed by atoms with Gasteiger partial charge in [0.1, 0.15) is 12.6 Å². The Morgan fingerprint density at radius 3 is 2.06 bits per heavy atom. The predicted octanol–water partition coefficient (Wildman–Crippen LogP) is 3.40. The Kier molecular flexibility index (Phi) is 9.05. The highest BCUT2D eigenvalue weighted by Gasteiger charge is 2.32. The summed E-state index contributed by atoms with van der Waals surface area (Å²) in [7, 11) is -3.74. The van der Waals surface area contributed by atoms with Crippen molar-refractivity contribution in [3.63, 3.8) is 0 Å². The summed E-state index contributed by atoms with van der Waals surface area (Å²) < 4.78 is 26.4. The second-order valence-corrected chi connectivity index (χ2v) is 10.5. The van der Waals surface area contributed by atoms with E-state index in [9.17, 15) is 18.0 Å². The molecule has 0 aliphatic rings. The van der Waals surface area contributed by atoms with Crippen LogP contribution in [0.25, 0.3) is 0 Å². The molecule has 2 rings (SSSR count). The number of hydrogen-bond acceptors (Lipinski definition) is 4. The van der Waals surface area contributed by atoms with Crippen LogP contribution in [0.1, 0.15) is 43.9 Å². The maximum Gasteiger partial charge on any atom is 0.244 e. The quantitative estimate of drug-likeness (QED) is 0.573. The molecule has 2 aromatic carbocycles. The van der Waals surface area contributed by atoms with Gasteiger partial charge in [0.2, 0.25) is 21.8 Å². The van der Waals surface area contributed by atoms with E-state index in [1.165, 1.54) is 4.90 Å². The Labute approximate surface area is 197 Å².